The monoisotopic (exact) mass is 322 g/mol. The lowest BCUT2D eigenvalue weighted by Crippen LogP contribution is -2.40. The molecule has 1 saturated heterocycles. The van der Waals surface area contributed by atoms with Crippen molar-refractivity contribution >= 4 is 21.9 Å². The van der Waals surface area contributed by atoms with E-state index in [0.29, 0.717) is 17.7 Å². The highest BCUT2D eigenvalue weighted by atomic mass is 79.9. The van der Waals surface area contributed by atoms with Crippen LogP contribution in [-0.4, -0.2) is 40.3 Å². The van der Waals surface area contributed by atoms with Crippen LogP contribution in [0.15, 0.2) is 0 Å². The van der Waals surface area contributed by atoms with E-state index in [9.17, 15) is 9.90 Å². The molecule has 0 spiro atoms. The van der Waals surface area contributed by atoms with Crippen LogP contribution in [0, 0.1) is 0 Å². The minimum absolute atomic E-state index is 0.0269. The van der Waals surface area contributed by atoms with E-state index in [0.717, 1.165) is 12.8 Å². The van der Waals surface area contributed by atoms with Crippen LogP contribution in [0.5, 0.6) is 0 Å². The van der Waals surface area contributed by atoms with Crippen molar-refractivity contribution in [1.29, 1.82) is 0 Å². The molecule has 0 aliphatic carbocycles. The molecule has 5 heteroatoms. The molecule has 1 heterocycles. The lowest BCUT2D eigenvalue weighted by molar-refractivity contribution is -0.159. The van der Waals surface area contributed by atoms with Crippen LogP contribution in [0.1, 0.15) is 46.5 Å². The molecular formula is C13H23BrO4. The predicted molar refractivity (Wildman–Crippen MR) is 72.8 cm³/mol. The number of rotatable bonds is 3. The first-order chi connectivity index (χ1) is 8.43. The highest BCUT2D eigenvalue weighted by Gasteiger charge is 2.31. The largest absolute Gasteiger partial charge is 0.460 e. The Morgan fingerprint density at radius 2 is 2.22 bits per heavy atom. The maximum Gasteiger partial charge on any atom is 0.302 e. The standard InChI is InChI=1S/C13H23BrO4/c1-4-10(14)12-6-5-11(16)13(18-9(3)15)7-8(2)17-12/h8,10-13,16H,4-7H2,1-3H3. The Kier molecular flexibility index (Phi) is 6.60. The van der Waals surface area contributed by atoms with E-state index in [2.05, 4.69) is 22.9 Å². The summed E-state index contributed by atoms with van der Waals surface area (Å²) in [4.78, 5) is 11.3. The second kappa shape index (κ2) is 7.46. The van der Waals surface area contributed by atoms with Gasteiger partial charge in [0.1, 0.15) is 6.10 Å². The van der Waals surface area contributed by atoms with Gasteiger partial charge in [0.15, 0.2) is 0 Å². The van der Waals surface area contributed by atoms with Crippen LogP contribution in [0.3, 0.4) is 0 Å². The Balaban J connectivity index is 2.62. The summed E-state index contributed by atoms with van der Waals surface area (Å²) < 4.78 is 11.1. The highest BCUT2D eigenvalue weighted by molar-refractivity contribution is 9.09. The van der Waals surface area contributed by atoms with Gasteiger partial charge in [0, 0.05) is 18.2 Å². The molecular weight excluding hydrogens is 300 g/mol. The number of carbonyl (C=O) groups is 1. The highest BCUT2D eigenvalue weighted by Crippen LogP contribution is 2.26. The normalized spacial score (nSPS) is 35.4. The number of hydrogen-bond acceptors (Lipinski definition) is 4. The maximum atomic E-state index is 11.0. The minimum Gasteiger partial charge on any atom is -0.460 e. The van der Waals surface area contributed by atoms with Gasteiger partial charge in [-0.25, -0.2) is 0 Å². The van der Waals surface area contributed by atoms with Gasteiger partial charge in [-0.15, -0.1) is 0 Å². The SMILES string of the molecule is CCC(Br)C1CCC(O)C(OC(C)=O)CC(C)O1. The predicted octanol–water partition coefficient (Wildman–Crippen LogP) is 2.41. The van der Waals surface area contributed by atoms with Crippen LogP contribution in [0.4, 0.5) is 0 Å². The molecule has 0 aromatic carbocycles. The average molecular weight is 323 g/mol. The van der Waals surface area contributed by atoms with E-state index in [1.54, 1.807) is 0 Å². The molecule has 4 nitrogen and oxygen atoms in total. The number of carbonyl (C=O) groups excluding carboxylic acids is 1. The number of hydrogen-bond donors (Lipinski definition) is 1. The molecule has 0 saturated carbocycles. The van der Waals surface area contributed by atoms with Crippen LogP contribution in [-0.2, 0) is 14.3 Å². The van der Waals surface area contributed by atoms with E-state index in [1.165, 1.54) is 6.92 Å². The Labute approximate surface area is 117 Å². The van der Waals surface area contributed by atoms with Gasteiger partial charge in [-0.3, -0.25) is 4.79 Å². The molecule has 1 fully saturated rings. The van der Waals surface area contributed by atoms with Gasteiger partial charge in [0.25, 0.3) is 0 Å². The van der Waals surface area contributed by atoms with E-state index in [-0.39, 0.29) is 18.2 Å². The Morgan fingerprint density at radius 3 is 2.78 bits per heavy atom. The molecule has 0 radical (unpaired) electrons. The molecule has 1 aliphatic heterocycles. The second-order valence-corrected chi connectivity index (χ2v) is 6.11. The fraction of sp³-hybridized carbons (Fsp3) is 0.923. The van der Waals surface area contributed by atoms with Crippen LogP contribution < -0.4 is 0 Å². The van der Waals surface area contributed by atoms with Crippen molar-refractivity contribution in [2.24, 2.45) is 0 Å². The van der Waals surface area contributed by atoms with Gasteiger partial charge < -0.3 is 14.6 Å². The first-order valence-corrected chi connectivity index (χ1v) is 7.50. The van der Waals surface area contributed by atoms with Crippen molar-refractivity contribution < 1.29 is 19.4 Å². The van der Waals surface area contributed by atoms with Gasteiger partial charge in [0.05, 0.1) is 18.3 Å². The van der Waals surface area contributed by atoms with Crippen LogP contribution >= 0.6 is 15.9 Å². The fourth-order valence-electron chi connectivity index (χ4n) is 2.30. The van der Waals surface area contributed by atoms with Gasteiger partial charge >= 0.3 is 5.97 Å². The zero-order valence-electron chi connectivity index (χ0n) is 11.3. The quantitative estimate of drug-likeness (QED) is 0.640. The molecule has 0 bridgehead atoms. The second-order valence-electron chi connectivity index (χ2n) is 4.94. The summed E-state index contributed by atoms with van der Waals surface area (Å²) in [6.45, 7) is 5.42. The summed E-state index contributed by atoms with van der Waals surface area (Å²) in [7, 11) is 0. The third-order valence-electron chi connectivity index (χ3n) is 3.26. The van der Waals surface area contributed by atoms with Crippen molar-refractivity contribution in [1.82, 2.24) is 0 Å². The lowest BCUT2D eigenvalue weighted by Gasteiger charge is -2.33. The summed E-state index contributed by atoms with van der Waals surface area (Å²) in [6.07, 6.45) is 1.93. The van der Waals surface area contributed by atoms with Crippen LogP contribution in [0.2, 0.25) is 0 Å². The van der Waals surface area contributed by atoms with Crippen molar-refractivity contribution in [3.8, 4) is 0 Å². The van der Waals surface area contributed by atoms with Crippen molar-refractivity contribution in [2.75, 3.05) is 0 Å². The van der Waals surface area contributed by atoms with Gasteiger partial charge in [0.2, 0.25) is 0 Å². The summed E-state index contributed by atoms with van der Waals surface area (Å²) in [5, 5.41) is 10.1. The first kappa shape index (κ1) is 15.9. The van der Waals surface area contributed by atoms with Gasteiger partial charge in [-0.2, -0.15) is 0 Å². The fourth-order valence-corrected chi connectivity index (χ4v) is 2.68. The van der Waals surface area contributed by atoms with E-state index < -0.39 is 12.2 Å². The molecule has 0 aromatic rings. The van der Waals surface area contributed by atoms with E-state index in [1.807, 2.05) is 6.92 Å². The Morgan fingerprint density at radius 1 is 1.56 bits per heavy atom. The van der Waals surface area contributed by atoms with E-state index >= 15 is 0 Å². The van der Waals surface area contributed by atoms with Gasteiger partial charge in [-0.1, -0.05) is 22.9 Å². The molecule has 18 heavy (non-hydrogen) atoms. The topological polar surface area (TPSA) is 55.8 Å². The molecule has 5 unspecified atom stereocenters. The zero-order chi connectivity index (χ0) is 13.7. The average Bonchev–Trinajstić information content (AvgIpc) is 2.30. The zero-order valence-corrected chi connectivity index (χ0v) is 12.9. The summed E-state index contributed by atoms with van der Waals surface area (Å²) >= 11 is 3.61. The molecule has 5 atom stereocenters. The Hall–Kier alpha value is -0.130. The minimum atomic E-state index is -0.598. The molecule has 1 N–H and O–H groups in total. The van der Waals surface area contributed by atoms with E-state index in [4.69, 9.17) is 9.47 Å². The third kappa shape index (κ3) is 4.86. The number of esters is 1. The lowest BCUT2D eigenvalue weighted by atomic mass is 9.97. The maximum absolute atomic E-state index is 11.0. The number of aliphatic hydroxyl groups excluding tert-OH is 1. The van der Waals surface area contributed by atoms with Crippen molar-refractivity contribution in [3.05, 3.63) is 0 Å². The number of alkyl halides is 1. The summed E-state index contributed by atoms with van der Waals surface area (Å²) in [6, 6.07) is 0. The molecule has 0 amide bonds. The first-order valence-electron chi connectivity index (χ1n) is 6.58. The number of halogens is 1. The summed E-state index contributed by atoms with van der Waals surface area (Å²) in [5.74, 6) is -0.352. The van der Waals surface area contributed by atoms with Crippen LogP contribution in [0.25, 0.3) is 0 Å². The number of ether oxygens (including phenoxy) is 2. The van der Waals surface area contributed by atoms with Gasteiger partial charge in [-0.05, 0) is 26.2 Å². The van der Waals surface area contributed by atoms with Crippen molar-refractivity contribution in [3.63, 3.8) is 0 Å². The third-order valence-corrected chi connectivity index (χ3v) is 4.50. The molecule has 1 aliphatic rings. The number of aliphatic hydroxyl groups is 1. The van der Waals surface area contributed by atoms with Crippen molar-refractivity contribution in [2.45, 2.75) is 75.7 Å². The smallest absolute Gasteiger partial charge is 0.302 e. The summed E-state index contributed by atoms with van der Waals surface area (Å²) in [5.41, 5.74) is 0. The molecule has 106 valence electrons. The molecule has 1 rings (SSSR count). The Bertz CT molecular complexity index is 272. The molecule has 0 aromatic heterocycles.